The molecule has 2 radical (unpaired) electrons. The van der Waals surface area contributed by atoms with E-state index in [2.05, 4.69) is 4.98 Å². The summed E-state index contributed by atoms with van der Waals surface area (Å²) in [6.45, 7) is 0. The predicted molar refractivity (Wildman–Crippen MR) is 88.3 cm³/mol. The number of hydrogen-bond acceptors (Lipinski definition) is 3. The van der Waals surface area contributed by atoms with Gasteiger partial charge in [-0.05, 0) is 41.1 Å². The Labute approximate surface area is 134 Å². The Morgan fingerprint density at radius 2 is 1.96 bits per heavy atom. The van der Waals surface area contributed by atoms with Gasteiger partial charge in [0.15, 0.2) is 12.0 Å². The smallest absolute Gasteiger partial charge is 0.155 e. The molecule has 3 nitrogen and oxygen atoms in total. The average Bonchev–Trinajstić information content (AvgIpc) is 2.57. The summed E-state index contributed by atoms with van der Waals surface area (Å²) >= 11 is 0. The highest BCUT2D eigenvalue weighted by molar-refractivity contribution is 6.39. The van der Waals surface area contributed by atoms with Gasteiger partial charge in [-0.15, -0.1) is 0 Å². The van der Waals surface area contributed by atoms with Crippen molar-refractivity contribution < 1.29 is 13.9 Å². The molecule has 0 atom stereocenters. The van der Waals surface area contributed by atoms with Gasteiger partial charge in [-0.25, -0.2) is 4.39 Å². The molecular weight excluding hydrogens is 292 g/mol. The summed E-state index contributed by atoms with van der Waals surface area (Å²) in [5.74, 6) is 0.151. The Hall–Kier alpha value is -2.69. The SMILES string of the molecule is [B]c1cc(C=O)c(OC)c2ncc(Cc3ccc(F)cc3)cc12. The molecule has 0 saturated carbocycles. The number of methoxy groups -OCH3 is 1. The van der Waals surface area contributed by atoms with Crippen LogP contribution in [0.5, 0.6) is 5.75 Å². The van der Waals surface area contributed by atoms with Gasteiger partial charge in [-0.3, -0.25) is 9.78 Å². The summed E-state index contributed by atoms with van der Waals surface area (Å²) in [7, 11) is 7.53. The summed E-state index contributed by atoms with van der Waals surface area (Å²) in [6, 6.07) is 9.82. The summed E-state index contributed by atoms with van der Waals surface area (Å²) in [6.07, 6.45) is 3.02. The summed E-state index contributed by atoms with van der Waals surface area (Å²) in [5.41, 5.74) is 3.31. The van der Waals surface area contributed by atoms with E-state index in [1.165, 1.54) is 19.2 Å². The zero-order valence-electron chi connectivity index (χ0n) is 12.5. The first-order chi connectivity index (χ1) is 11.1. The minimum absolute atomic E-state index is 0.263. The van der Waals surface area contributed by atoms with Crippen LogP contribution in [0.25, 0.3) is 10.9 Å². The van der Waals surface area contributed by atoms with E-state index in [0.717, 1.165) is 16.5 Å². The lowest BCUT2D eigenvalue weighted by atomic mass is 9.88. The van der Waals surface area contributed by atoms with Crippen molar-refractivity contribution in [2.24, 2.45) is 0 Å². The van der Waals surface area contributed by atoms with E-state index in [4.69, 9.17) is 12.6 Å². The molecule has 0 amide bonds. The van der Waals surface area contributed by atoms with Crippen LogP contribution in [0.3, 0.4) is 0 Å². The minimum Gasteiger partial charge on any atom is -0.494 e. The van der Waals surface area contributed by atoms with E-state index in [1.807, 2.05) is 6.07 Å². The first-order valence-corrected chi connectivity index (χ1v) is 7.07. The molecule has 0 aliphatic carbocycles. The Morgan fingerprint density at radius 1 is 1.22 bits per heavy atom. The number of aromatic nitrogens is 1. The van der Waals surface area contributed by atoms with E-state index in [-0.39, 0.29) is 5.82 Å². The fourth-order valence-corrected chi connectivity index (χ4v) is 2.59. The lowest BCUT2D eigenvalue weighted by Gasteiger charge is -2.12. The molecule has 3 aromatic rings. The van der Waals surface area contributed by atoms with E-state index in [0.29, 0.717) is 35.0 Å². The number of fused-ring (bicyclic) bond motifs is 1. The summed E-state index contributed by atoms with van der Waals surface area (Å²) in [4.78, 5) is 15.5. The molecule has 23 heavy (non-hydrogen) atoms. The zero-order chi connectivity index (χ0) is 16.4. The number of nitrogens with zero attached hydrogens (tertiary/aromatic N) is 1. The highest BCUT2D eigenvalue weighted by Gasteiger charge is 2.12. The van der Waals surface area contributed by atoms with Crippen LogP contribution in [0.2, 0.25) is 0 Å². The van der Waals surface area contributed by atoms with Gasteiger partial charge in [0.1, 0.15) is 19.2 Å². The molecule has 5 heteroatoms. The molecule has 0 unspecified atom stereocenters. The molecule has 0 N–H and O–H groups in total. The van der Waals surface area contributed by atoms with Gasteiger partial charge in [0.2, 0.25) is 0 Å². The number of hydrogen-bond donors (Lipinski definition) is 0. The number of benzene rings is 2. The third-order valence-corrected chi connectivity index (χ3v) is 3.70. The Balaban J connectivity index is 2.06. The van der Waals surface area contributed by atoms with Crippen molar-refractivity contribution in [3.05, 3.63) is 65.1 Å². The van der Waals surface area contributed by atoms with Crippen molar-refractivity contribution in [3.8, 4) is 5.75 Å². The maximum Gasteiger partial charge on any atom is 0.155 e. The number of pyridine rings is 1. The number of ether oxygens (including phenoxy) is 1. The van der Waals surface area contributed by atoms with Crippen molar-refractivity contribution >= 4 is 30.5 Å². The van der Waals surface area contributed by atoms with E-state index in [1.54, 1.807) is 24.4 Å². The van der Waals surface area contributed by atoms with Gasteiger partial charge in [-0.2, -0.15) is 0 Å². The van der Waals surface area contributed by atoms with Gasteiger partial charge < -0.3 is 4.74 Å². The van der Waals surface area contributed by atoms with Crippen molar-refractivity contribution in [2.45, 2.75) is 6.42 Å². The average molecular weight is 305 g/mol. The third-order valence-electron chi connectivity index (χ3n) is 3.70. The van der Waals surface area contributed by atoms with Crippen LogP contribution in [0, 0.1) is 5.82 Å². The fraction of sp³-hybridized carbons (Fsp3) is 0.111. The minimum atomic E-state index is -0.263. The molecule has 0 spiro atoms. The van der Waals surface area contributed by atoms with Gasteiger partial charge in [0, 0.05) is 6.20 Å². The largest absolute Gasteiger partial charge is 0.494 e. The third kappa shape index (κ3) is 2.95. The van der Waals surface area contributed by atoms with Crippen LogP contribution < -0.4 is 10.2 Å². The number of aldehydes is 1. The predicted octanol–water partition coefficient (Wildman–Crippen LogP) is 2.58. The Bertz CT molecular complexity index is 878. The molecule has 0 aliphatic heterocycles. The van der Waals surface area contributed by atoms with Crippen molar-refractivity contribution in [1.29, 1.82) is 0 Å². The van der Waals surface area contributed by atoms with Crippen LogP contribution in [0.4, 0.5) is 4.39 Å². The van der Waals surface area contributed by atoms with Crippen LogP contribution in [-0.2, 0) is 6.42 Å². The highest BCUT2D eigenvalue weighted by atomic mass is 19.1. The molecule has 1 aromatic heterocycles. The molecule has 0 saturated heterocycles. The molecule has 1 heterocycles. The van der Waals surface area contributed by atoms with E-state index < -0.39 is 0 Å². The van der Waals surface area contributed by atoms with Crippen LogP contribution in [-0.4, -0.2) is 26.2 Å². The highest BCUT2D eigenvalue weighted by Crippen LogP contribution is 2.26. The lowest BCUT2D eigenvalue weighted by Crippen LogP contribution is -2.09. The molecule has 0 fully saturated rings. The fourth-order valence-electron chi connectivity index (χ4n) is 2.59. The topological polar surface area (TPSA) is 39.2 Å². The Morgan fingerprint density at radius 3 is 2.61 bits per heavy atom. The van der Waals surface area contributed by atoms with Crippen molar-refractivity contribution in [1.82, 2.24) is 4.98 Å². The van der Waals surface area contributed by atoms with Crippen molar-refractivity contribution in [2.75, 3.05) is 7.11 Å². The number of carbonyl (C=O) groups is 1. The van der Waals surface area contributed by atoms with Gasteiger partial charge >= 0.3 is 0 Å². The van der Waals surface area contributed by atoms with E-state index in [9.17, 15) is 9.18 Å². The standard InChI is InChI=1S/C18H13BFNO2/c1-23-18-13(10-22)8-16(19)15-7-12(9-21-17(15)18)6-11-2-4-14(20)5-3-11/h2-5,7-10H,6H2,1H3. The van der Waals surface area contributed by atoms with Gasteiger partial charge in [0.25, 0.3) is 0 Å². The van der Waals surface area contributed by atoms with E-state index >= 15 is 0 Å². The monoisotopic (exact) mass is 305 g/mol. The first-order valence-electron chi connectivity index (χ1n) is 7.07. The normalized spacial score (nSPS) is 10.7. The number of rotatable bonds is 4. The molecule has 3 rings (SSSR count). The number of carbonyl (C=O) groups excluding carboxylic acids is 1. The molecule has 112 valence electrons. The second-order valence-corrected chi connectivity index (χ2v) is 5.25. The second kappa shape index (κ2) is 6.20. The molecule has 0 bridgehead atoms. The van der Waals surface area contributed by atoms with Crippen LogP contribution in [0.1, 0.15) is 21.5 Å². The second-order valence-electron chi connectivity index (χ2n) is 5.25. The molecule has 2 aromatic carbocycles. The quantitative estimate of drug-likeness (QED) is 0.549. The zero-order valence-corrected chi connectivity index (χ0v) is 12.5. The summed E-state index contributed by atoms with van der Waals surface area (Å²) < 4.78 is 18.3. The van der Waals surface area contributed by atoms with Crippen LogP contribution >= 0.6 is 0 Å². The first kappa shape index (κ1) is 15.2. The van der Waals surface area contributed by atoms with Gasteiger partial charge in [0.05, 0.1) is 12.7 Å². The number of halogens is 1. The van der Waals surface area contributed by atoms with Crippen LogP contribution in [0.15, 0.2) is 42.6 Å². The molecule has 0 aliphatic rings. The summed E-state index contributed by atoms with van der Waals surface area (Å²) in [5, 5.41) is 0.729. The Kier molecular flexibility index (Phi) is 4.11. The lowest BCUT2D eigenvalue weighted by molar-refractivity contribution is 0.112. The maximum atomic E-state index is 13.0. The maximum absolute atomic E-state index is 13.0. The van der Waals surface area contributed by atoms with Crippen molar-refractivity contribution in [3.63, 3.8) is 0 Å². The van der Waals surface area contributed by atoms with Gasteiger partial charge in [-0.1, -0.05) is 23.7 Å². The molecular formula is C18H13BFNO2.